The minimum absolute atomic E-state index is 0.130. The van der Waals surface area contributed by atoms with Crippen LogP contribution in [0.15, 0.2) is 53.0 Å². The molecule has 6 heteroatoms. The molecule has 4 rings (SSSR count). The van der Waals surface area contributed by atoms with Crippen LogP contribution in [-0.2, 0) is 31.8 Å². The van der Waals surface area contributed by atoms with Crippen molar-refractivity contribution >= 4 is 40.0 Å². The Labute approximate surface area is 172 Å². The molecule has 26 heavy (non-hydrogen) atoms. The van der Waals surface area contributed by atoms with E-state index in [4.69, 9.17) is 18.9 Å². The molecule has 0 unspecified atom stereocenters. The number of ether oxygens (including phenoxy) is 4. The first-order valence-corrected chi connectivity index (χ1v) is 11.3. The van der Waals surface area contributed by atoms with Gasteiger partial charge in [0.1, 0.15) is 0 Å². The van der Waals surface area contributed by atoms with Gasteiger partial charge in [-0.2, -0.15) is 3.69 Å². The molecule has 2 fully saturated rings. The van der Waals surface area contributed by atoms with Gasteiger partial charge in [-0.15, -0.1) is 0 Å². The molecule has 0 aromatic heterocycles. The fraction of sp³-hybridized carbons (Fsp3) is 0.400. The summed E-state index contributed by atoms with van der Waals surface area (Å²) in [6, 6.07) is 16.9. The lowest BCUT2D eigenvalue weighted by Crippen LogP contribution is -2.47. The van der Waals surface area contributed by atoms with Crippen molar-refractivity contribution in [2.24, 2.45) is 0 Å². The van der Waals surface area contributed by atoms with Crippen molar-refractivity contribution in [1.29, 1.82) is 0 Å². The molecule has 0 spiro atoms. The summed E-state index contributed by atoms with van der Waals surface area (Å²) in [5, 5.41) is 0. The maximum Gasteiger partial charge on any atom is 0.501 e. The van der Waals surface area contributed by atoms with E-state index in [2.05, 4.69) is 58.4 Å². The Balaban J connectivity index is 1.56. The van der Waals surface area contributed by atoms with Crippen LogP contribution in [0.2, 0.25) is 0 Å². The normalized spacial score (nSPS) is 19.6. The summed E-state index contributed by atoms with van der Waals surface area (Å²) in [6.45, 7) is 2.69. The summed E-state index contributed by atoms with van der Waals surface area (Å²) >= 11 is 2.81. The van der Waals surface area contributed by atoms with Gasteiger partial charge in [-0.25, -0.2) is 0 Å². The summed E-state index contributed by atoms with van der Waals surface area (Å²) in [5.74, 6) is 0. The van der Waals surface area contributed by atoms with Gasteiger partial charge >= 0.3 is 20.4 Å². The highest BCUT2D eigenvalue weighted by atomic mass is 79.9. The zero-order chi connectivity index (χ0) is 17.8. The maximum absolute atomic E-state index is 6.18. The first kappa shape index (κ1) is 18.9. The van der Waals surface area contributed by atoms with Crippen LogP contribution in [0.3, 0.4) is 0 Å². The molecule has 0 N–H and O–H groups in total. The third-order valence-corrected chi connectivity index (χ3v) is 7.93. The van der Waals surface area contributed by atoms with Gasteiger partial charge in [-0.1, -0.05) is 64.0 Å². The lowest BCUT2D eigenvalue weighted by Gasteiger charge is -2.30. The summed E-state index contributed by atoms with van der Waals surface area (Å²) in [7, 11) is 0. The largest absolute Gasteiger partial charge is 0.501 e. The van der Waals surface area contributed by atoms with Crippen LogP contribution in [0, 0.1) is 0 Å². The second-order valence-electron chi connectivity index (χ2n) is 6.70. The molecule has 2 saturated heterocycles. The van der Waals surface area contributed by atoms with E-state index in [1.165, 1.54) is 14.8 Å². The minimum Gasteiger partial charge on any atom is -0.375 e. The van der Waals surface area contributed by atoms with Crippen LogP contribution >= 0.6 is 15.9 Å². The molecule has 134 valence electrons. The zero-order valence-electron chi connectivity index (χ0n) is 14.7. The Kier molecular flexibility index (Phi) is 6.31. The Morgan fingerprint density at radius 2 is 1.54 bits per heavy atom. The molecule has 2 aromatic carbocycles. The molecular formula is C20H21BrMgO4. The van der Waals surface area contributed by atoms with Gasteiger partial charge in [-0.3, -0.25) is 0 Å². The number of rotatable bonds is 6. The first-order valence-electron chi connectivity index (χ1n) is 9.05. The van der Waals surface area contributed by atoms with Gasteiger partial charge in [0.2, 0.25) is 0 Å². The second kappa shape index (κ2) is 8.69. The average molecular weight is 430 g/mol. The van der Waals surface area contributed by atoms with E-state index in [1.54, 1.807) is 0 Å². The summed E-state index contributed by atoms with van der Waals surface area (Å²) in [6.07, 6.45) is 1.43. The number of benzene rings is 2. The topological polar surface area (TPSA) is 36.9 Å². The summed E-state index contributed by atoms with van der Waals surface area (Å²) < 4.78 is 25.6. The molecular weight excluding hydrogens is 408 g/mol. The molecule has 0 saturated carbocycles. The predicted molar refractivity (Wildman–Crippen MR) is 104 cm³/mol. The van der Waals surface area contributed by atoms with Crippen molar-refractivity contribution in [3.63, 3.8) is 0 Å². The van der Waals surface area contributed by atoms with E-state index in [-0.39, 0.29) is 6.29 Å². The van der Waals surface area contributed by atoms with E-state index in [0.717, 1.165) is 17.3 Å². The smallest absolute Gasteiger partial charge is 0.375 e. The molecule has 0 atom stereocenters. The van der Waals surface area contributed by atoms with Gasteiger partial charge < -0.3 is 18.9 Å². The van der Waals surface area contributed by atoms with Gasteiger partial charge in [0.15, 0.2) is 6.29 Å². The molecule has 0 bridgehead atoms. The standard InChI is InChI=1S/C10H10BrO2.C10H11O2.Mg/c11-9-4-2-1-3-8(9)7-10-12-5-6-13-10;1-2-4-9(5-3-1)8-10-11-6-7-12-10;/h1-4H,5-7H2;1-4,10H,6-8H2;. The van der Waals surface area contributed by atoms with Crippen molar-refractivity contribution in [2.75, 3.05) is 26.4 Å². The van der Waals surface area contributed by atoms with Crippen LogP contribution < -0.4 is 3.69 Å². The Morgan fingerprint density at radius 1 is 0.885 bits per heavy atom. The fourth-order valence-electron chi connectivity index (χ4n) is 3.62. The molecule has 2 aliphatic rings. The highest BCUT2D eigenvalue weighted by Crippen LogP contribution is 2.27. The number of hydrogen-bond donors (Lipinski definition) is 0. The SMILES string of the molecule is Brc1ccccc1C[C]1([Mg][c]2ccccc2CC2OCCO2)OCCO1. The van der Waals surface area contributed by atoms with Crippen molar-refractivity contribution in [1.82, 2.24) is 0 Å². The van der Waals surface area contributed by atoms with E-state index < -0.39 is 24.3 Å². The van der Waals surface area contributed by atoms with Gasteiger partial charge in [0.05, 0.1) is 30.3 Å². The van der Waals surface area contributed by atoms with Crippen molar-refractivity contribution < 1.29 is 18.9 Å². The lowest BCUT2D eigenvalue weighted by molar-refractivity contribution is -0.0855. The third kappa shape index (κ3) is 4.50. The monoisotopic (exact) mass is 428 g/mol. The predicted octanol–water partition coefficient (Wildman–Crippen LogP) is 2.64. The molecule has 0 aliphatic carbocycles. The first-order chi connectivity index (χ1) is 12.7. The Hall–Kier alpha value is -0.474. The van der Waals surface area contributed by atoms with E-state index >= 15 is 0 Å². The fourth-order valence-corrected chi connectivity index (χ4v) is 6.26. The van der Waals surface area contributed by atoms with Crippen molar-refractivity contribution in [2.45, 2.75) is 23.0 Å². The van der Waals surface area contributed by atoms with Crippen LogP contribution in [0.1, 0.15) is 11.1 Å². The highest BCUT2D eigenvalue weighted by Gasteiger charge is 2.39. The molecule has 2 aromatic rings. The van der Waals surface area contributed by atoms with Crippen molar-refractivity contribution in [3.05, 3.63) is 64.1 Å². The van der Waals surface area contributed by atoms with Gasteiger partial charge in [0, 0.05) is 17.3 Å². The molecule has 2 heterocycles. The van der Waals surface area contributed by atoms with Gasteiger partial charge in [-0.05, 0) is 11.6 Å². The number of halogens is 1. The minimum atomic E-state index is -0.845. The maximum atomic E-state index is 6.18. The highest BCUT2D eigenvalue weighted by molar-refractivity contribution is 9.10. The van der Waals surface area contributed by atoms with Crippen LogP contribution in [0.4, 0.5) is 0 Å². The molecule has 0 radical (unpaired) electrons. The quantitative estimate of drug-likeness (QED) is 0.662. The van der Waals surface area contributed by atoms with Gasteiger partial charge in [0.25, 0.3) is 0 Å². The van der Waals surface area contributed by atoms with E-state index in [0.29, 0.717) is 26.4 Å². The van der Waals surface area contributed by atoms with Crippen LogP contribution in [-0.4, -0.2) is 57.0 Å². The molecule has 0 amide bonds. The third-order valence-electron chi connectivity index (χ3n) is 4.89. The molecule has 4 nitrogen and oxygen atoms in total. The lowest BCUT2D eigenvalue weighted by atomic mass is 10.1. The average Bonchev–Trinajstić information content (AvgIpc) is 3.31. The van der Waals surface area contributed by atoms with Crippen LogP contribution in [0.25, 0.3) is 0 Å². The Bertz CT molecular complexity index is 742. The van der Waals surface area contributed by atoms with E-state index in [1.807, 2.05) is 6.07 Å². The second-order valence-corrected chi connectivity index (χ2v) is 9.74. The zero-order valence-corrected chi connectivity index (χ0v) is 17.7. The Morgan fingerprint density at radius 3 is 2.27 bits per heavy atom. The molecule has 2 aliphatic heterocycles. The summed E-state index contributed by atoms with van der Waals surface area (Å²) in [4.78, 5) is 0. The van der Waals surface area contributed by atoms with Crippen LogP contribution in [0.5, 0.6) is 0 Å². The van der Waals surface area contributed by atoms with Crippen molar-refractivity contribution in [3.8, 4) is 0 Å². The summed E-state index contributed by atoms with van der Waals surface area (Å²) in [5.41, 5.74) is 2.51. The van der Waals surface area contributed by atoms with E-state index in [9.17, 15) is 0 Å². The number of hydrogen-bond acceptors (Lipinski definition) is 4.